The Morgan fingerprint density at radius 1 is 1.43 bits per heavy atom. The first kappa shape index (κ1) is 18.0. The third kappa shape index (κ3) is 5.34. The van der Waals surface area contributed by atoms with Gasteiger partial charge in [0.15, 0.2) is 0 Å². The van der Waals surface area contributed by atoms with E-state index in [1.165, 1.54) is 5.56 Å². The van der Waals surface area contributed by atoms with Crippen molar-refractivity contribution in [1.82, 2.24) is 5.32 Å². The molecule has 0 bridgehead atoms. The van der Waals surface area contributed by atoms with Gasteiger partial charge in [0.05, 0.1) is 12.4 Å². The lowest BCUT2D eigenvalue weighted by molar-refractivity contribution is -0.118. The van der Waals surface area contributed by atoms with Crippen LogP contribution in [0.3, 0.4) is 0 Å². The lowest BCUT2D eigenvalue weighted by atomic mass is 10.1. The summed E-state index contributed by atoms with van der Waals surface area (Å²) in [6, 6.07) is 4.05. The Labute approximate surface area is 143 Å². The van der Waals surface area contributed by atoms with Gasteiger partial charge in [-0.05, 0) is 26.0 Å². The highest BCUT2D eigenvalue weighted by atomic mass is 32.2. The lowest BCUT2D eigenvalue weighted by Crippen LogP contribution is -2.26. The Morgan fingerprint density at radius 2 is 2.17 bits per heavy atom. The van der Waals surface area contributed by atoms with Crippen molar-refractivity contribution in [2.75, 3.05) is 12.4 Å². The van der Waals surface area contributed by atoms with E-state index in [-0.39, 0.29) is 16.8 Å². The second-order valence-corrected chi connectivity index (χ2v) is 8.61. The summed E-state index contributed by atoms with van der Waals surface area (Å²) in [7, 11) is 0. The molecule has 1 aliphatic heterocycles. The van der Waals surface area contributed by atoms with E-state index in [4.69, 9.17) is 9.47 Å². The van der Waals surface area contributed by atoms with Crippen molar-refractivity contribution < 1.29 is 14.3 Å². The number of hydrogen-bond acceptors (Lipinski definition) is 4. The van der Waals surface area contributed by atoms with Crippen molar-refractivity contribution >= 4 is 17.7 Å². The van der Waals surface area contributed by atoms with E-state index in [1.54, 1.807) is 11.8 Å². The molecular weight excluding hydrogens is 310 g/mol. The molecule has 1 unspecified atom stereocenters. The van der Waals surface area contributed by atoms with Crippen molar-refractivity contribution in [3.8, 4) is 11.5 Å². The molecule has 4 nitrogen and oxygen atoms in total. The zero-order valence-electron chi connectivity index (χ0n) is 14.7. The van der Waals surface area contributed by atoms with Gasteiger partial charge in [0.2, 0.25) is 5.91 Å². The molecule has 5 heteroatoms. The summed E-state index contributed by atoms with van der Waals surface area (Å²) in [6.07, 6.45) is 1.11. The standard InChI is InChI=1S/C18H27NO3S/c1-6-21-15-8-13-7-12(2)22-16(13)9-14(15)10-19-17(20)11-23-18(3,4)5/h8-9,12H,6-7,10-11H2,1-5H3,(H,19,20). The van der Waals surface area contributed by atoms with Crippen molar-refractivity contribution in [3.63, 3.8) is 0 Å². The average Bonchev–Trinajstić information content (AvgIpc) is 2.81. The fraction of sp³-hybridized carbons (Fsp3) is 0.611. The topological polar surface area (TPSA) is 47.6 Å². The summed E-state index contributed by atoms with van der Waals surface area (Å²) >= 11 is 1.64. The minimum Gasteiger partial charge on any atom is -0.494 e. The van der Waals surface area contributed by atoms with E-state index in [0.717, 1.165) is 23.5 Å². The Bertz CT molecular complexity index is 566. The summed E-state index contributed by atoms with van der Waals surface area (Å²) in [5, 5.41) is 2.98. The molecule has 1 heterocycles. The third-order valence-electron chi connectivity index (χ3n) is 3.49. The van der Waals surface area contributed by atoms with E-state index >= 15 is 0 Å². The molecule has 1 N–H and O–H groups in total. The van der Waals surface area contributed by atoms with Crippen LogP contribution in [0.5, 0.6) is 11.5 Å². The van der Waals surface area contributed by atoms with Crippen LogP contribution in [0, 0.1) is 0 Å². The molecule has 0 radical (unpaired) electrons. The second kappa shape index (κ2) is 7.47. The maximum absolute atomic E-state index is 12.0. The number of ether oxygens (including phenoxy) is 2. The summed E-state index contributed by atoms with van der Waals surface area (Å²) in [5.74, 6) is 2.26. The van der Waals surface area contributed by atoms with Crippen LogP contribution in [-0.2, 0) is 17.8 Å². The second-order valence-electron chi connectivity index (χ2n) is 6.81. The summed E-state index contributed by atoms with van der Waals surface area (Å²) in [6.45, 7) is 11.4. The predicted octanol–water partition coefficient (Wildman–Crippen LogP) is 3.56. The minimum atomic E-state index is 0.0437. The molecule has 1 aromatic carbocycles. The van der Waals surface area contributed by atoms with Crippen molar-refractivity contribution in [2.24, 2.45) is 0 Å². The maximum atomic E-state index is 12.0. The number of carbonyl (C=O) groups excluding carboxylic acids is 1. The van der Waals surface area contributed by atoms with Crippen molar-refractivity contribution in [3.05, 3.63) is 23.3 Å². The van der Waals surface area contributed by atoms with E-state index in [9.17, 15) is 4.79 Å². The largest absolute Gasteiger partial charge is 0.494 e. The molecule has 1 aromatic rings. The first-order valence-corrected chi connectivity index (χ1v) is 9.13. The molecule has 1 aliphatic rings. The van der Waals surface area contributed by atoms with Crippen molar-refractivity contribution in [1.29, 1.82) is 0 Å². The SMILES string of the molecule is CCOc1cc2c(cc1CNC(=O)CSC(C)(C)C)OC(C)C2. The van der Waals surface area contributed by atoms with Gasteiger partial charge in [0, 0.05) is 28.8 Å². The monoisotopic (exact) mass is 337 g/mol. The van der Waals surface area contributed by atoms with Gasteiger partial charge in [-0.2, -0.15) is 0 Å². The van der Waals surface area contributed by atoms with E-state index < -0.39 is 0 Å². The van der Waals surface area contributed by atoms with Crippen molar-refractivity contribution in [2.45, 2.75) is 58.4 Å². The van der Waals surface area contributed by atoms with Crippen LogP contribution in [0.25, 0.3) is 0 Å². The molecule has 1 atom stereocenters. The summed E-state index contributed by atoms with van der Waals surface area (Å²) < 4.78 is 11.6. The number of benzene rings is 1. The van der Waals surface area contributed by atoms with Gasteiger partial charge in [0.1, 0.15) is 17.6 Å². The van der Waals surface area contributed by atoms with Gasteiger partial charge in [-0.15, -0.1) is 11.8 Å². The van der Waals surface area contributed by atoms with Gasteiger partial charge in [-0.3, -0.25) is 4.79 Å². The smallest absolute Gasteiger partial charge is 0.230 e. The number of hydrogen-bond donors (Lipinski definition) is 1. The number of carbonyl (C=O) groups is 1. The van der Waals surface area contributed by atoms with Gasteiger partial charge in [-0.1, -0.05) is 20.8 Å². The number of fused-ring (bicyclic) bond motifs is 1. The third-order valence-corrected chi connectivity index (χ3v) is 4.76. The van der Waals surface area contributed by atoms with Crippen LogP contribution in [0.4, 0.5) is 0 Å². The van der Waals surface area contributed by atoms with Crippen LogP contribution in [0.1, 0.15) is 45.7 Å². The fourth-order valence-electron chi connectivity index (χ4n) is 2.44. The first-order chi connectivity index (χ1) is 10.8. The van der Waals surface area contributed by atoms with E-state index in [1.807, 2.05) is 19.1 Å². The molecule has 0 aromatic heterocycles. The Morgan fingerprint density at radius 3 is 2.83 bits per heavy atom. The maximum Gasteiger partial charge on any atom is 0.230 e. The van der Waals surface area contributed by atoms with Crippen LogP contribution in [0.2, 0.25) is 0 Å². The molecule has 1 amide bonds. The normalized spacial score (nSPS) is 16.7. The Hall–Kier alpha value is -1.36. The number of amides is 1. The van der Waals surface area contributed by atoms with E-state index in [0.29, 0.717) is 18.9 Å². The van der Waals surface area contributed by atoms with Gasteiger partial charge in [-0.25, -0.2) is 0 Å². The number of rotatable bonds is 6. The summed E-state index contributed by atoms with van der Waals surface area (Å²) in [4.78, 5) is 12.0. The highest BCUT2D eigenvalue weighted by molar-refractivity contribution is 8.01. The Balaban J connectivity index is 2.01. The van der Waals surface area contributed by atoms with Gasteiger partial charge >= 0.3 is 0 Å². The van der Waals surface area contributed by atoms with Crippen LogP contribution < -0.4 is 14.8 Å². The molecule has 23 heavy (non-hydrogen) atoms. The quantitative estimate of drug-likeness (QED) is 0.862. The molecule has 2 rings (SSSR count). The predicted molar refractivity (Wildman–Crippen MR) is 95.5 cm³/mol. The highest BCUT2D eigenvalue weighted by Crippen LogP contribution is 2.35. The molecule has 0 fully saturated rings. The highest BCUT2D eigenvalue weighted by Gasteiger charge is 2.22. The molecule has 0 saturated carbocycles. The van der Waals surface area contributed by atoms with Crippen LogP contribution in [0.15, 0.2) is 12.1 Å². The average molecular weight is 337 g/mol. The zero-order valence-corrected chi connectivity index (χ0v) is 15.5. The summed E-state index contributed by atoms with van der Waals surface area (Å²) in [5.41, 5.74) is 2.15. The molecular formula is C18H27NO3S. The number of thioether (sulfide) groups is 1. The number of nitrogens with one attached hydrogen (secondary N) is 1. The van der Waals surface area contributed by atoms with Gasteiger partial charge in [0.25, 0.3) is 0 Å². The Kier molecular flexibility index (Phi) is 5.84. The fourth-order valence-corrected chi connectivity index (χ4v) is 3.10. The minimum absolute atomic E-state index is 0.0437. The first-order valence-electron chi connectivity index (χ1n) is 8.14. The van der Waals surface area contributed by atoms with E-state index in [2.05, 4.69) is 33.0 Å². The van der Waals surface area contributed by atoms with Gasteiger partial charge < -0.3 is 14.8 Å². The lowest BCUT2D eigenvalue weighted by Gasteiger charge is -2.17. The van der Waals surface area contributed by atoms with Crippen LogP contribution >= 0.6 is 11.8 Å². The molecule has 128 valence electrons. The molecule has 0 aliphatic carbocycles. The molecule has 0 spiro atoms. The zero-order chi connectivity index (χ0) is 17.0. The molecule has 0 saturated heterocycles. The van der Waals surface area contributed by atoms with Crippen LogP contribution in [-0.4, -0.2) is 29.1 Å².